The number of rotatable bonds is 16. The summed E-state index contributed by atoms with van der Waals surface area (Å²) in [7, 11) is 0. The second-order valence-corrected chi connectivity index (χ2v) is 24.7. The van der Waals surface area contributed by atoms with Crippen molar-refractivity contribution in [3.05, 3.63) is 28.7 Å². The molecule has 0 amide bonds. The van der Waals surface area contributed by atoms with Crippen LogP contribution in [0.25, 0.3) is 0 Å². The van der Waals surface area contributed by atoms with Crippen molar-refractivity contribution in [2.75, 3.05) is 0 Å². The summed E-state index contributed by atoms with van der Waals surface area (Å²) in [5.41, 5.74) is 1.46. The molecule has 0 fully saturated rings. The quantitative estimate of drug-likeness (QED) is 0.153. The van der Waals surface area contributed by atoms with Crippen LogP contribution in [0.3, 0.4) is 0 Å². The van der Waals surface area contributed by atoms with Gasteiger partial charge in [-0.1, -0.05) is 0 Å². The fraction of sp³-hybridized carbons (Fsp3) is 0.769. The Morgan fingerprint density at radius 3 is 2.00 bits per heavy atom. The molecule has 0 aliphatic heterocycles. The fourth-order valence-corrected chi connectivity index (χ4v) is 24.6. The van der Waals surface area contributed by atoms with Crippen molar-refractivity contribution in [2.45, 2.75) is 119 Å². The Balaban J connectivity index is 2.78. The van der Waals surface area contributed by atoms with E-state index in [-0.39, 0.29) is 0 Å². The molecular formula is C26H48SSn. The van der Waals surface area contributed by atoms with Gasteiger partial charge in [0.2, 0.25) is 0 Å². The van der Waals surface area contributed by atoms with Crippen molar-refractivity contribution in [2.24, 2.45) is 5.92 Å². The van der Waals surface area contributed by atoms with E-state index in [1.807, 2.05) is 2.89 Å². The second kappa shape index (κ2) is 15.1. The molecule has 1 aromatic rings. The van der Waals surface area contributed by atoms with Crippen molar-refractivity contribution >= 4 is 32.6 Å². The van der Waals surface area contributed by atoms with Gasteiger partial charge in [0.25, 0.3) is 0 Å². The summed E-state index contributed by atoms with van der Waals surface area (Å²) >= 11 is 0.0539. The minimum absolute atomic E-state index is 0.842. The molecule has 0 saturated carbocycles. The third kappa shape index (κ3) is 9.83. The van der Waals surface area contributed by atoms with Gasteiger partial charge in [-0.05, 0) is 0 Å². The first-order valence-electron chi connectivity index (χ1n) is 12.2. The molecule has 0 aromatic carbocycles. The van der Waals surface area contributed by atoms with E-state index >= 15 is 0 Å². The van der Waals surface area contributed by atoms with Crippen LogP contribution in [0.2, 0.25) is 13.3 Å². The first-order chi connectivity index (χ1) is 13.5. The van der Waals surface area contributed by atoms with E-state index in [4.69, 9.17) is 0 Å². The van der Waals surface area contributed by atoms with Gasteiger partial charge < -0.3 is 0 Å². The average molecular weight is 511 g/mol. The number of aryl methyl sites for hydroxylation is 1. The summed E-state index contributed by atoms with van der Waals surface area (Å²) in [6.45, 7) is 14.0. The number of unbranched alkanes of at least 4 members (excludes halogenated alkanes) is 3. The van der Waals surface area contributed by atoms with Crippen LogP contribution in [-0.2, 0) is 6.42 Å². The Morgan fingerprint density at radius 2 is 1.50 bits per heavy atom. The predicted molar refractivity (Wildman–Crippen MR) is 135 cm³/mol. The minimum atomic E-state index is -2.19. The summed E-state index contributed by atoms with van der Waals surface area (Å²) in [5, 5.41) is 0. The molecule has 0 spiro atoms. The molecule has 0 nitrogen and oxygen atoms in total. The number of thiophene rings is 1. The Labute approximate surface area is 185 Å². The summed E-state index contributed by atoms with van der Waals surface area (Å²) in [4.78, 5) is 1.68. The molecule has 28 heavy (non-hydrogen) atoms. The van der Waals surface area contributed by atoms with Crippen LogP contribution in [0.5, 0.6) is 0 Å². The van der Waals surface area contributed by atoms with E-state index in [0.717, 1.165) is 5.92 Å². The molecule has 1 atom stereocenters. The molecule has 1 rings (SSSR count). The SMILES string of the molecule is CCC[CH2][Sn]([CH2]CCC)([CH2]CCC)[c]1ccc(CCC(C)CCC=C(C)C)s1. The predicted octanol–water partition coefficient (Wildman–Crippen LogP) is 9.12. The van der Waals surface area contributed by atoms with Gasteiger partial charge in [0.15, 0.2) is 0 Å². The second-order valence-electron chi connectivity index (χ2n) is 9.36. The van der Waals surface area contributed by atoms with E-state index in [2.05, 4.69) is 71.1 Å². The van der Waals surface area contributed by atoms with Crippen molar-refractivity contribution in [3.8, 4) is 0 Å². The summed E-state index contributed by atoms with van der Waals surface area (Å²) in [5.74, 6) is 0.842. The molecule has 162 valence electrons. The first-order valence-corrected chi connectivity index (χ1v) is 20.5. The molecule has 0 aliphatic rings. The molecule has 2 heteroatoms. The molecule has 0 radical (unpaired) electrons. The third-order valence-electron chi connectivity index (χ3n) is 6.31. The van der Waals surface area contributed by atoms with Crippen LogP contribution in [0.4, 0.5) is 0 Å². The van der Waals surface area contributed by atoms with Crippen LogP contribution in [0.15, 0.2) is 23.8 Å². The van der Waals surface area contributed by atoms with E-state index in [0.29, 0.717) is 0 Å². The van der Waals surface area contributed by atoms with Gasteiger partial charge in [0, 0.05) is 0 Å². The molecule has 1 aromatic heterocycles. The Bertz CT molecular complexity index is 517. The van der Waals surface area contributed by atoms with E-state index < -0.39 is 18.4 Å². The zero-order valence-corrected chi connectivity index (χ0v) is 23.6. The normalized spacial score (nSPS) is 12.9. The van der Waals surface area contributed by atoms with Gasteiger partial charge in [-0.2, -0.15) is 0 Å². The molecule has 0 bridgehead atoms. The van der Waals surface area contributed by atoms with Gasteiger partial charge in [-0.15, -0.1) is 0 Å². The van der Waals surface area contributed by atoms with Gasteiger partial charge in [-0.25, -0.2) is 0 Å². The van der Waals surface area contributed by atoms with E-state index in [9.17, 15) is 0 Å². The van der Waals surface area contributed by atoms with E-state index in [1.165, 1.54) is 69.8 Å². The summed E-state index contributed by atoms with van der Waals surface area (Å²) in [6, 6.07) is 5.11. The maximum absolute atomic E-state index is 2.60. The van der Waals surface area contributed by atoms with Crippen LogP contribution in [0.1, 0.15) is 104 Å². The van der Waals surface area contributed by atoms with Gasteiger partial charge in [0.1, 0.15) is 0 Å². The zero-order chi connectivity index (χ0) is 20.8. The number of hydrogen-bond donors (Lipinski definition) is 0. The molecule has 1 unspecified atom stereocenters. The van der Waals surface area contributed by atoms with Crippen LogP contribution < -0.4 is 2.89 Å². The molecular weight excluding hydrogens is 463 g/mol. The van der Waals surface area contributed by atoms with Crippen LogP contribution in [-0.4, -0.2) is 18.4 Å². The van der Waals surface area contributed by atoms with Crippen molar-refractivity contribution in [3.63, 3.8) is 0 Å². The molecule has 0 N–H and O–H groups in total. The first kappa shape index (κ1) is 26.3. The van der Waals surface area contributed by atoms with Gasteiger partial charge in [-0.3, -0.25) is 0 Å². The average Bonchev–Trinajstić information content (AvgIpc) is 3.15. The summed E-state index contributed by atoms with van der Waals surface area (Å²) in [6.07, 6.45) is 16.2. The Morgan fingerprint density at radius 1 is 0.929 bits per heavy atom. The topological polar surface area (TPSA) is 0 Å². The number of allylic oxidation sites excluding steroid dienone is 2. The van der Waals surface area contributed by atoms with Crippen molar-refractivity contribution < 1.29 is 0 Å². The maximum atomic E-state index is 2.60. The van der Waals surface area contributed by atoms with Gasteiger partial charge in [0.05, 0.1) is 0 Å². The van der Waals surface area contributed by atoms with Crippen LogP contribution >= 0.6 is 11.3 Å². The van der Waals surface area contributed by atoms with Crippen LogP contribution in [0, 0.1) is 5.92 Å². The van der Waals surface area contributed by atoms with Crippen molar-refractivity contribution in [1.82, 2.24) is 0 Å². The third-order valence-corrected chi connectivity index (χ3v) is 25.7. The molecule has 1 heterocycles. The van der Waals surface area contributed by atoms with Gasteiger partial charge >= 0.3 is 186 Å². The fourth-order valence-electron chi connectivity index (χ4n) is 4.28. The Hall–Kier alpha value is 0.239. The zero-order valence-electron chi connectivity index (χ0n) is 19.9. The molecule has 0 saturated heterocycles. The van der Waals surface area contributed by atoms with E-state index in [1.54, 1.807) is 18.2 Å². The Kier molecular flexibility index (Phi) is 14.2. The number of hydrogen-bond acceptors (Lipinski definition) is 1. The monoisotopic (exact) mass is 512 g/mol. The summed E-state index contributed by atoms with van der Waals surface area (Å²) < 4.78 is 6.72. The van der Waals surface area contributed by atoms with Crippen molar-refractivity contribution in [1.29, 1.82) is 0 Å². The standard InChI is InChI=1S/C14H21S.3C4H9.Sn/c1-12(2)6-4-7-13(3)9-10-14-8-5-11-15-14;3*1-3-4-2;/h5-6,8,13H,4,7,9-10H2,1-3H3;3*1,3-4H2,2H3;. The molecule has 0 aliphatic carbocycles.